The summed E-state index contributed by atoms with van der Waals surface area (Å²) in [6.07, 6.45) is 9.19. The number of aromatic amines is 1. The van der Waals surface area contributed by atoms with Crippen molar-refractivity contribution in [1.29, 1.82) is 5.26 Å². The van der Waals surface area contributed by atoms with Crippen LogP contribution in [0.1, 0.15) is 183 Å². The molecule has 0 fully saturated rings. The van der Waals surface area contributed by atoms with Gasteiger partial charge in [0.05, 0.1) is 45.7 Å². The highest BCUT2D eigenvalue weighted by atomic mass is 32.1. The highest BCUT2D eigenvalue weighted by Crippen LogP contribution is 2.37. The van der Waals surface area contributed by atoms with E-state index in [1.165, 1.54) is 37.0 Å². The van der Waals surface area contributed by atoms with E-state index in [0.717, 1.165) is 58.5 Å². The molecule has 0 spiro atoms. The number of rotatable bonds is 21. The summed E-state index contributed by atoms with van der Waals surface area (Å²) in [6, 6.07) is 26.6. The van der Waals surface area contributed by atoms with Crippen molar-refractivity contribution in [1.82, 2.24) is 15.3 Å². The average molecular weight is 981 g/mol. The maximum Gasteiger partial charge on any atom is 0.258 e. The normalized spacial score (nSPS) is 16.4. The van der Waals surface area contributed by atoms with Crippen LogP contribution in [0.2, 0.25) is 0 Å². The van der Waals surface area contributed by atoms with Crippen molar-refractivity contribution >= 4 is 38.7 Å². The predicted octanol–water partition coefficient (Wildman–Crippen LogP) is 15.8. The minimum absolute atomic E-state index is 0.216. The molecular formula is C63H88N4O3S. The number of benzene rings is 3. The van der Waals surface area contributed by atoms with Gasteiger partial charge in [-0.15, -0.1) is 11.3 Å². The van der Waals surface area contributed by atoms with Crippen molar-refractivity contribution in [3.8, 4) is 28.8 Å². The first-order chi connectivity index (χ1) is 33.2. The van der Waals surface area contributed by atoms with Crippen LogP contribution in [0.3, 0.4) is 0 Å². The maximum atomic E-state index is 14.5. The lowest BCUT2D eigenvalue weighted by molar-refractivity contribution is 0.0979. The average Bonchev–Trinajstić information content (AvgIpc) is 3.95. The van der Waals surface area contributed by atoms with E-state index in [1.807, 2.05) is 72.8 Å². The SMILES string of the molecule is CC(CCC(COc1cccc(C2=c3c(c(-c4cccc(OCC(CCC(C)CC(C)(C)C)C(C)CC(C)(C)C)c4)[nH]/c3=C(/C#N)c3nc4ccccc4s3)C(=O)N2)c1)C(C)CC(C)(C)C)CC(C)(C)C. The number of amides is 1. The molecule has 3 heterocycles. The number of aromatic nitrogens is 2. The molecule has 7 nitrogen and oxygen atoms in total. The Hall–Kier alpha value is -4.87. The highest BCUT2D eigenvalue weighted by molar-refractivity contribution is 7.19. The number of para-hydroxylation sites is 1. The van der Waals surface area contributed by atoms with E-state index < -0.39 is 0 Å². The van der Waals surface area contributed by atoms with E-state index in [9.17, 15) is 10.1 Å². The molecule has 384 valence electrons. The third-order valence-electron chi connectivity index (χ3n) is 14.2. The number of carbonyl (C=O) groups excluding carboxylic acids is 1. The van der Waals surface area contributed by atoms with Gasteiger partial charge in [0.1, 0.15) is 28.1 Å². The number of fused-ring (bicyclic) bond motifs is 2. The molecule has 2 aromatic heterocycles. The number of carbonyl (C=O) groups is 1. The van der Waals surface area contributed by atoms with Crippen LogP contribution < -0.4 is 25.4 Å². The topological polar surface area (TPSA) is 100 Å². The minimum Gasteiger partial charge on any atom is -0.493 e. The molecule has 0 saturated carbocycles. The summed E-state index contributed by atoms with van der Waals surface area (Å²) in [5.41, 5.74) is 5.64. The number of ether oxygens (including phenoxy) is 2. The molecule has 8 heteroatoms. The molecule has 0 radical (unpaired) electrons. The number of thiazole rings is 1. The molecule has 6 atom stereocenters. The van der Waals surface area contributed by atoms with Crippen LogP contribution >= 0.6 is 11.3 Å². The van der Waals surface area contributed by atoms with Gasteiger partial charge < -0.3 is 19.8 Å². The van der Waals surface area contributed by atoms with E-state index in [0.29, 0.717) is 97.7 Å². The number of hydrogen-bond acceptors (Lipinski definition) is 6. The van der Waals surface area contributed by atoms with Crippen LogP contribution in [0, 0.1) is 68.5 Å². The highest BCUT2D eigenvalue weighted by Gasteiger charge is 2.31. The molecule has 0 bridgehead atoms. The van der Waals surface area contributed by atoms with Gasteiger partial charge in [-0.25, -0.2) is 4.98 Å². The number of nitriles is 1. The lowest BCUT2D eigenvalue weighted by atomic mass is 9.76. The Labute approximate surface area is 432 Å². The summed E-state index contributed by atoms with van der Waals surface area (Å²) in [4.78, 5) is 23.1. The Morgan fingerprint density at radius 1 is 0.648 bits per heavy atom. The molecule has 0 saturated heterocycles. The molecule has 6 rings (SSSR count). The third-order valence-corrected chi connectivity index (χ3v) is 15.3. The van der Waals surface area contributed by atoms with Crippen LogP contribution in [-0.4, -0.2) is 29.1 Å². The number of hydrogen-bond donors (Lipinski definition) is 2. The van der Waals surface area contributed by atoms with Crippen LogP contribution in [0.15, 0.2) is 72.8 Å². The van der Waals surface area contributed by atoms with Gasteiger partial charge in [0.2, 0.25) is 0 Å². The van der Waals surface area contributed by atoms with E-state index in [4.69, 9.17) is 14.5 Å². The van der Waals surface area contributed by atoms with Crippen molar-refractivity contribution in [3.63, 3.8) is 0 Å². The molecule has 6 unspecified atom stereocenters. The second kappa shape index (κ2) is 22.9. The van der Waals surface area contributed by atoms with Crippen molar-refractivity contribution in [2.24, 2.45) is 57.2 Å². The van der Waals surface area contributed by atoms with Gasteiger partial charge in [-0.1, -0.05) is 160 Å². The van der Waals surface area contributed by atoms with E-state index in [1.54, 1.807) is 0 Å². The summed E-state index contributed by atoms with van der Waals surface area (Å²) in [7, 11) is 0. The second-order valence-corrected chi connectivity index (χ2v) is 27.5. The Bertz CT molecular complexity index is 2730. The first kappa shape index (κ1) is 55.4. The van der Waals surface area contributed by atoms with Gasteiger partial charge in [0, 0.05) is 16.3 Å². The number of H-pyrrole nitrogens is 1. The van der Waals surface area contributed by atoms with Gasteiger partial charge in [-0.05, 0) is 132 Å². The predicted molar refractivity (Wildman–Crippen MR) is 299 cm³/mol. The summed E-state index contributed by atoms with van der Waals surface area (Å²) >= 11 is 1.48. The van der Waals surface area contributed by atoms with Gasteiger partial charge in [-0.2, -0.15) is 5.26 Å². The van der Waals surface area contributed by atoms with Crippen LogP contribution in [0.4, 0.5) is 0 Å². The Morgan fingerprint density at radius 2 is 1.14 bits per heavy atom. The molecular weight excluding hydrogens is 893 g/mol. The van der Waals surface area contributed by atoms with E-state index in [-0.39, 0.29) is 16.7 Å². The van der Waals surface area contributed by atoms with Crippen molar-refractivity contribution in [3.05, 3.63) is 99.5 Å². The zero-order valence-corrected chi connectivity index (χ0v) is 47.3. The van der Waals surface area contributed by atoms with Crippen LogP contribution in [-0.2, 0) is 0 Å². The fraction of sp³-hybridized carbons (Fsp3) is 0.571. The largest absolute Gasteiger partial charge is 0.493 e. The molecule has 5 aromatic rings. The monoisotopic (exact) mass is 981 g/mol. The van der Waals surface area contributed by atoms with Gasteiger partial charge >= 0.3 is 0 Å². The molecule has 3 aromatic carbocycles. The van der Waals surface area contributed by atoms with E-state index in [2.05, 4.69) is 127 Å². The molecule has 1 aliphatic rings. The smallest absolute Gasteiger partial charge is 0.258 e. The molecule has 71 heavy (non-hydrogen) atoms. The second-order valence-electron chi connectivity index (χ2n) is 26.5. The molecule has 1 aliphatic heterocycles. The lowest BCUT2D eigenvalue weighted by Gasteiger charge is -2.31. The number of nitrogens with one attached hydrogen (secondary N) is 2. The summed E-state index contributed by atoms with van der Waals surface area (Å²) in [5, 5.41) is 16.1. The maximum absolute atomic E-state index is 14.5. The van der Waals surface area contributed by atoms with Crippen LogP contribution in [0.5, 0.6) is 11.5 Å². The fourth-order valence-corrected chi connectivity index (χ4v) is 12.5. The Balaban J connectivity index is 1.39. The van der Waals surface area contributed by atoms with Gasteiger partial charge in [0.15, 0.2) is 0 Å². The summed E-state index contributed by atoms with van der Waals surface area (Å²) in [6.45, 7) is 38.8. The van der Waals surface area contributed by atoms with Crippen molar-refractivity contribution in [2.45, 2.75) is 162 Å². The Morgan fingerprint density at radius 3 is 1.63 bits per heavy atom. The van der Waals surface area contributed by atoms with Gasteiger partial charge in [-0.3, -0.25) is 4.79 Å². The summed E-state index contributed by atoms with van der Waals surface area (Å²) in [5.74, 6) is 4.32. The molecule has 0 aliphatic carbocycles. The quantitative estimate of drug-likeness (QED) is 0.0763. The minimum atomic E-state index is -0.229. The Kier molecular flexibility index (Phi) is 17.9. The van der Waals surface area contributed by atoms with Crippen molar-refractivity contribution in [2.75, 3.05) is 13.2 Å². The standard InChI is InChI=1S/C63H88N4O3S/c1-40(33-60(5,6)7)27-29-46(42(3)35-62(11,12)13)38-69-48-23-19-21-44(31-48)55-53-54(58(68)67-55)56(66-57(53)50(37-64)59-65-51-25-17-18-26-52(51)71-59)45-22-20-24-49(32-45)70-39-47(43(4)36-63(14,15)16)30-28-41(2)34-61(8,9)10/h17-26,31-32,40-43,46-47,66H,27-30,33-36,38-39H2,1-16H3,(H,67,68)/b57-50-. The zero-order valence-electron chi connectivity index (χ0n) is 46.5. The lowest BCUT2D eigenvalue weighted by Crippen LogP contribution is -2.29. The summed E-state index contributed by atoms with van der Waals surface area (Å²) < 4.78 is 14.5. The molecule has 1 amide bonds. The zero-order chi connectivity index (χ0) is 52.1. The number of nitrogens with zero attached hydrogens (tertiary/aromatic N) is 2. The molecule has 2 N–H and O–H groups in total. The first-order valence-corrected chi connectivity index (χ1v) is 27.5. The fourth-order valence-electron chi connectivity index (χ4n) is 11.5. The first-order valence-electron chi connectivity index (χ1n) is 26.7. The van der Waals surface area contributed by atoms with Gasteiger partial charge in [0.25, 0.3) is 5.91 Å². The third kappa shape index (κ3) is 15.8. The van der Waals surface area contributed by atoms with Crippen molar-refractivity contribution < 1.29 is 14.3 Å². The van der Waals surface area contributed by atoms with E-state index >= 15 is 0 Å². The van der Waals surface area contributed by atoms with Crippen LogP contribution in [0.25, 0.3) is 32.7 Å².